The average Bonchev–Trinajstić information content (AvgIpc) is 3.49. The molecular formula is C25H25N3O4. The van der Waals surface area contributed by atoms with Gasteiger partial charge in [0.25, 0.3) is 0 Å². The maximum atomic E-state index is 12.2. The summed E-state index contributed by atoms with van der Waals surface area (Å²) in [6.45, 7) is 2.34. The number of hydrogen-bond acceptors (Lipinski definition) is 6. The van der Waals surface area contributed by atoms with Gasteiger partial charge >= 0.3 is 5.97 Å². The zero-order valence-corrected chi connectivity index (χ0v) is 18.1. The van der Waals surface area contributed by atoms with E-state index >= 15 is 0 Å². The molecule has 0 aliphatic heterocycles. The lowest BCUT2D eigenvalue weighted by molar-refractivity contribution is -0.144. The van der Waals surface area contributed by atoms with Crippen molar-refractivity contribution in [3.8, 4) is 17.3 Å². The summed E-state index contributed by atoms with van der Waals surface area (Å²) in [7, 11) is 1.40. The molecule has 1 aromatic carbocycles. The molecule has 0 radical (unpaired) electrons. The van der Waals surface area contributed by atoms with E-state index < -0.39 is 6.04 Å². The Labute approximate surface area is 186 Å². The first-order valence-electron chi connectivity index (χ1n) is 10.4. The number of rotatable bonds is 9. The molecule has 4 rings (SSSR count). The van der Waals surface area contributed by atoms with Crippen LogP contribution in [0.25, 0.3) is 11.5 Å². The van der Waals surface area contributed by atoms with Crippen LogP contribution in [0.2, 0.25) is 0 Å². The van der Waals surface area contributed by atoms with Crippen LogP contribution in [-0.2, 0) is 22.4 Å². The summed E-state index contributed by atoms with van der Waals surface area (Å²) in [6, 6.07) is 16.9. The Balaban J connectivity index is 1.33. The minimum atomic E-state index is -0.433. The number of oxazole rings is 1. The first kappa shape index (κ1) is 21.4. The van der Waals surface area contributed by atoms with Crippen LogP contribution in [0.1, 0.15) is 23.1 Å². The molecule has 1 unspecified atom stereocenters. The second-order valence-corrected chi connectivity index (χ2v) is 7.36. The molecule has 0 aliphatic carbocycles. The minimum absolute atomic E-state index is 0.292. The highest BCUT2D eigenvalue weighted by molar-refractivity contribution is 5.74. The van der Waals surface area contributed by atoms with Crippen molar-refractivity contribution in [1.29, 1.82) is 0 Å². The zero-order chi connectivity index (χ0) is 22.3. The van der Waals surface area contributed by atoms with Gasteiger partial charge < -0.3 is 18.5 Å². The van der Waals surface area contributed by atoms with Crippen LogP contribution in [0.15, 0.2) is 77.6 Å². The molecule has 164 valence electrons. The van der Waals surface area contributed by atoms with Gasteiger partial charge in [0.2, 0.25) is 11.8 Å². The Kier molecular flexibility index (Phi) is 6.65. The van der Waals surface area contributed by atoms with Crippen LogP contribution in [0.3, 0.4) is 0 Å². The fraction of sp³-hybridized carbons (Fsp3) is 0.240. The lowest BCUT2D eigenvalue weighted by atomic mass is 10.1. The molecule has 0 N–H and O–H groups in total. The number of benzene rings is 1. The van der Waals surface area contributed by atoms with Crippen LogP contribution in [-0.4, -0.2) is 34.2 Å². The lowest BCUT2D eigenvalue weighted by Gasteiger charge is -2.16. The molecule has 0 amide bonds. The van der Waals surface area contributed by atoms with Crippen molar-refractivity contribution in [1.82, 2.24) is 14.5 Å². The number of nitrogens with zero attached hydrogens (tertiary/aromatic N) is 3. The van der Waals surface area contributed by atoms with Crippen molar-refractivity contribution in [3.63, 3.8) is 0 Å². The molecule has 1 atom stereocenters. The van der Waals surface area contributed by atoms with Gasteiger partial charge in [0, 0.05) is 43.1 Å². The number of esters is 1. The normalized spacial score (nSPS) is 11.8. The Morgan fingerprint density at radius 1 is 1.09 bits per heavy atom. The number of carbonyl (C=O) groups excluding carboxylic acids is 1. The zero-order valence-electron chi connectivity index (χ0n) is 18.1. The fourth-order valence-electron chi connectivity index (χ4n) is 3.46. The second-order valence-electron chi connectivity index (χ2n) is 7.36. The average molecular weight is 431 g/mol. The van der Waals surface area contributed by atoms with Crippen molar-refractivity contribution < 1.29 is 18.7 Å². The van der Waals surface area contributed by atoms with Gasteiger partial charge in [0.15, 0.2) is 0 Å². The number of hydrogen-bond donors (Lipinski definition) is 0. The van der Waals surface area contributed by atoms with Crippen LogP contribution in [0, 0.1) is 6.92 Å². The summed E-state index contributed by atoms with van der Waals surface area (Å²) >= 11 is 0. The van der Waals surface area contributed by atoms with Crippen molar-refractivity contribution in [2.75, 3.05) is 13.7 Å². The maximum absolute atomic E-state index is 12.2. The molecule has 0 bridgehead atoms. The molecule has 32 heavy (non-hydrogen) atoms. The summed E-state index contributed by atoms with van der Waals surface area (Å²) in [5, 5.41) is 0. The molecule has 7 nitrogen and oxygen atoms in total. The third kappa shape index (κ3) is 5.06. The van der Waals surface area contributed by atoms with Gasteiger partial charge in [-0.2, -0.15) is 0 Å². The molecule has 0 fully saturated rings. The van der Waals surface area contributed by atoms with Crippen molar-refractivity contribution in [2.24, 2.45) is 0 Å². The third-order valence-corrected chi connectivity index (χ3v) is 5.19. The van der Waals surface area contributed by atoms with E-state index in [1.807, 2.05) is 78.5 Å². The van der Waals surface area contributed by atoms with Gasteiger partial charge in [0.05, 0.1) is 19.4 Å². The molecule has 0 saturated heterocycles. The second kappa shape index (κ2) is 9.96. The SMILES string of the molecule is COC(=O)C(Cc1ccc(OCCc2nc(-c3ccccc3)oc2C)nc1)n1cccc1. The van der Waals surface area contributed by atoms with E-state index in [4.69, 9.17) is 13.9 Å². The predicted octanol–water partition coefficient (Wildman–Crippen LogP) is 4.42. The van der Waals surface area contributed by atoms with E-state index in [1.54, 1.807) is 6.20 Å². The van der Waals surface area contributed by atoms with Gasteiger partial charge in [-0.1, -0.05) is 24.3 Å². The van der Waals surface area contributed by atoms with E-state index in [0.717, 1.165) is 22.6 Å². The van der Waals surface area contributed by atoms with E-state index in [0.29, 0.717) is 31.2 Å². The Morgan fingerprint density at radius 2 is 1.88 bits per heavy atom. The van der Waals surface area contributed by atoms with Crippen molar-refractivity contribution >= 4 is 5.97 Å². The molecule has 0 saturated carbocycles. The van der Waals surface area contributed by atoms with Crippen molar-refractivity contribution in [3.05, 3.63) is 90.2 Å². The van der Waals surface area contributed by atoms with E-state index in [2.05, 4.69) is 9.97 Å². The smallest absolute Gasteiger partial charge is 0.329 e. The van der Waals surface area contributed by atoms with Gasteiger partial charge in [-0.15, -0.1) is 0 Å². The lowest BCUT2D eigenvalue weighted by Crippen LogP contribution is -2.22. The molecule has 0 aliphatic rings. The molecule has 3 aromatic heterocycles. The Hall–Kier alpha value is -3.87. The van der Waals surface area contributed by atoms with Crippen LogP contribution < -0.4 is 4.74 Å². The number of methoxy groups -OCH3 is 1. The van der Waals surface area contributed by atoms with E-state index in [-0.39, 0.29) is 5.97 Å². The standard InChI is InChI=1S/C25H25N3O4/c1-18-21(27-24(32-18)20-8-4-3-5-9-20)12-15-31-23-11-10-19(17-26-23)16-22(25(29)30-2)28-13-6-7-14-28/h3-11,13-14,17,22H,12,15-16H2,1-2H3. The minimum Gasteiger partial charge on any atom is -0.477 e. The first-order valence-corrected chi connectivity index (χ1v) is 10.4. The molecule has 4 aromatic rings. The van der Waals surface area contributed by atoms with Crippen LogP contribution in [0.5, 0.6) is 5.88 Å². The van der Waals surface area contributed by atoms with E-state index in [1.165, 1.54) is 7.11 Å². The van der Waals surface area contributed by atoms with Gasteiger partial charge in [-0.25, -0.2) is 14.8 Å². The highest BCUT2D eigenvalue weighted by Crippen LogP contribution is 2.22. The summed E-state index contributed by atoms with van der Waals surface area (Å²) < 4.78 is 18.4. The monoisotopic (exact) mass is 431 g/mol. The Bertz CT molecular complexity index is 1140. The number of aromatic nitrogens is 3. The van der Waals surface area contributed by atoms with Crippen LogP contribution in [0.4, 0.5) is 0 Å². The highest BCUT2D eigenvalue weighted by Gasteiger charge is 2.21. The summed E-state index contributed by atoms with van der Waals surface area (Å²) in [5.74, 6) is 1.63. The van der Waals surface area contributed by atoms with Crippen LogP contribution >= 0.6 is 0 Å². The number of pyridine rings is 1. The highest BCUT2D eigenvalue weighted by atomic mass is 16.5. The summed E-state index contributed by atoms with van der Waals surface area (Å²) in [4.78, 5) is 21.1. The summed E-state index contributed by atoms with van der Waals surface area (Å²) in [5.41, 5.74) is 2.74. The van der Waals surface area contributed by atoms with Gasteiger partial charge in [-0.05, 0) is 36.8 Å². The van der Waals surface area contributed by atoms with Gasteiger partial charge in [0.1, 0.15) is 11.8 Å². The number of aryl methyl sites for hydroxylation is 1. The van der Waals surface area contributed by atoms with Crippen molar-refractivity contribution in [2.45, 2.75) is 25.8 Å². The molecular weight excluding hydrogens is 406 g/mol. The number of ether oxygens (including phenoxy) is 2. The predicted molar refractivity (Wildman–Crippen MR) is 119 cm³/mol. The molecule has 0 spiro atoms. The largest absolute Gasteiger partial charge is 0.477 e. The fourth-order valence-corrected chi connectivity index (χ4v) is 3.46. The quantitative estimate of drug-likeness (QED) is 0.365. The van der Waals surface area contributed by atoms with E-state index in [9.17, 15) is 4.79 Å². The maximum Gasteiger partial charge on any atom is 0.329 e. The molecule has 7 heteroatoms. The summed E-state index contributed by atoms with van der Waals surface area (Å²) in [6.07, 6.45) is 6.52. The Morgan fingerprint density at radius 3 is 2.56 bits per heavy atom. The topological polar surface area (TPSA) is 79.4 Å². The van der Waals surface area contributed by atoms with Gasteiger partial charge in [-0.3, -0.25) is 0 Å². The number of carbonyl (C=O) groups is 1. The molecule has 3 heterocycles. The third-order valence-electron chi connectivity index (χ3n) is 5.19. The first-order chi connectivity index (χ1) is 15.6.